The van der Waals surface area contributed by atoms with Crippen LogP contribution >= 0.6 is 11.6 Å². The topological polar surface area (TPSA) is 103 Å². The highest BCUT2D eigenvalue weighted by atomic mass is 35.5. The molecule has 1 unspecified atom stereocenters. The second-order valence-corrected chi connectivity index (χ2v) is 16.1. The number of carbonyl (C=O) groups excluding carboxylic acids is 2. The van der Waals surface area contributed by atoms with Crippen molar-refractivity contribution in [3.05, 3.63) is 70.4 Å². The summed E-state index contributed by atoms with van der Waals surface area (Å²) < 4.78 is 20.3. The van der Waals surface area contributed by atoms with Gasteiger partial charge in [0.25, 0.3) is 0 Å². The van der Waals surface area contributed by atoms with Gasteiger partial charge in [0.2, 0.25) is 5.89 Å². The zero-order valence-electron chi connectivity index (χ0n) is 30.7. The molecule has 2 aromatic heterocycles. The van der Waals surface area contributed by atoms with Crippen LogP contribution in [0, 0.1) is 6.92 Å². The van der Waals surface area contributed by atoms with Crippen LogP contribution in [-0.4, -0.2) is 81.4 Å². The molecule has 10 nitrogen and oxygen atoms in total. The van der Waals surface area contributed by atoms with E-state index in [1.165, 1.54) is 7.11 Å². The molecule has 272 valence electrons. The minimum atomic E-state index is -0.793. The molecule has 1 saturated carbocycles. The molecule has 52 heavy (non-hydrogen) atoms. The van der Waals surface area contributed by atoms with Crippen LogP contribution in [0.15, 0.2) is 52.9 Å². The van der Waals surface area contributed by atoms with Gasteiger partial charge in [0, 0.05) is 52.1 Å². The average Bonchev–Trinajstić information content (AvgIpc) is 3.74. The number of fused-ring (bicyclic) bond motifs is 2. The first-order valence-corrected chi connectivity index (χ1v) is 18.7. The lowest BCUT2D eigenvalue weighted by Crippen LogP contribution is -2.62. The number of carbonyl (C=O) groups is 2. The fourth-order valence-corrected chi connectivity index (χ4v) is 8.10. The summed E-state index contributed by atoms with van der Waals surface area (Å²) in [6.45, 7) is 12.8. The summed E-state index contributed by atoms with van der Waals surface area (Å²) >= 11 is 6.32. The minimum absolute atomic E-state index is 0.0836. The van der Waals surface area contributed by atoms with E-state index in [0.717, 1.165) is 96.3 Å². The van der Waals surface area contributed by atoms with Crippen molar-refractivity contribution in [1.29, 1.82) is 0 Å². The Bertz CT molecular complexity index is 2170. The monoisotopic (exact) mass is 723 g/mol. The molecule has 2 aliphatic heterocycles. The first-order valence-electron chi connectivity index (χ1n) is 18.4. The van der Waals surface area contributed by atoms with Crippen molar-refractivity contribution in [2.24, 2.45) is 0 Å². The Morgan fingerprint density at radius 1 is 0.962 bits per heavy atom. The molecule has 3 aliphatic rings. The van der Waals surface area contributed by atoms with Gasteiger partial charge in [-0.1, -0.05) is 23.7 Å². The van der Waals surface area contributed by atoms with Crippen LogP contribution in [0.1, 0.15) is 88.3 Å². The van der Waals surface area contributed by atoms with Gasteiger partial charge in [-0.2, -0.15) is 5.10 Å². The third-order valence-electron chi connectivity index (χ3n) is 10.8. The van der Waals surface area contributed by atoms with Crippen LogP contribution in [0.5, 0.6) is 0 Å². The number of Topliss-reactive ketones (excluding diaryl/α,β-unsaturated/α-hetero) is 1. The average molecular weight is 724 g/mol. The largest absolute Gasteiger partial charge is 0.453 e. The maximum Gasteiger partial charge on any atom is 0.409 e. The van der Waals surface area contributed by atoms with Gasteiger partial charge in [0.15, 0.2) is 11.4 Å². The molecule has 3 fully saturated rings. The summed E-state index contributed by atoms with van der Waals surface area (Å²) in [5.74, 6) is 0.766. The third kappa shape index (κ3) is 6.50. The quantitative estimate of drug-likeness (QED) is 0.156. The Kier molecular flexibility index (Phi) is 8.91. The van der Waals surface area contributed by atoms with Crippen LogP contribution in [0.25, 0.3) is 44.6 Å². The smallest absolute Gasteiger partial charge is 0.409 e. The zero-order chi connectivity index (χ0) is 36.5. The third-order valence-corrected chi connectivity index (χ3v) is 11.0. The molecule has 8 rings (SSSR count). The number of oxazole rings is 1. The predicted molar refractivity (Wildman–Crippen MR) is 202 cm³/mol. The van der Waals surface area contributed by atoms with E-state index in [1.54, 1.807) is 11.8 Å². The molecule has 0 bridgehead atoms. The molecule has 1 atom stereocenters. The molecular weight excluding hydrogens is 678 g/mol. The highest BCUT2D eigenvalue weighted by Crippen LogP contribution is 2.44. The number of rotatable bonds is 8. The van der Waals surface area contributed by atoms with E-state index >= 15 is 0 Å². The number of hydrogen-bond donors (Lipinski definition) is 0. The molecule has 4 heterocycles. The normalized spacial score (nSPS) is 18.2. The SMILES string of the molecule is COC(=O)N1CC(N2CCC(c3nn(C4CC4)c4ccc(-c5nc6cc(C)c(C(OC(C)(C)C)C(C)=O)c(-c7ccc(Cl)cc7)c6o5)cc34)CC2)C1. The fraction of sp³-hybridized carbons (Fsp3) is 0.463. The summed E-state index contributed by atoms with van der Waals surface area (Å²) in [5, 5.41) is 7.04. The number of nitrogens with zero attached hydrogens (tertiary/aromatic N) is 5. The Balaban J connectivity index is 1.17. The minimum Gasteiger partial charge on any atom is -0.453 e. The highest BCUT2D eigenvalue weighted by molar-refractivity contribution is 6.30. The van der Waals surface area contributed by atoms with Crippen molar-refractivity contribution in [3.63, 3.8) is 0 Å². The number of benzene rings is 3. The van der Waals surface area contributed by atoms with Gasteiger partial charge in [-0.05, 0) is 121 Å². The molecule has 1 aliphatic carbocycles. The zero-order valence-corrected chi connectivity index (χ0v) is 31.5. The van der Waals surface area contributed by atoms with Gasteiger partial charge in [-0.15, -0.1) is 0 Å². The Labute approximate surface area is 309 Å². The maximum absolute atomic E-state index is 13.2. The number of hydrogen-bond acceptors (Lipinski definition) is 8. The van der Waals surface area contributed by atoms with Crippen molar-refractivity contribution in [2.45, 2.75) is 90.0 Å². The summed E-state index contributed by atoms with van der Waals surface area (Å²) in [6, 6.07) is 16.9. The van der Waals surface area contributed by atoms with E-state index in [4.69, 9.17) is 35.6 Å². The van der Waals surface area contributed by atoms with Gasteiger partial charge in [-0.3, -0.25) is 14.4 Å². The lowest BCUT2D eigenvalue weighted by molar-refractivity contribution is -0.138. The summed E-state index contributed by atoms with van der Waals surface area (Å²) in [7, 11) is 1.44. The summed E-state index contributed by atoms with van der Waals surface area (Å²) in [6.07, 6.45) is 3.28. The fourth-order valence-electron chi connectivity index (χ4n) is 7.97. The molecular formula is C41H46ClN5O5. The summed E-state index contributed by atoms with van der Waals surface area (Å²) in [5.41, 5.74) is 7.26. The lowest BCUT2D eigenvalue weighted by Gasteiger charge is -2.46. The van der Waals surface area contributed by atoms with E-state index in [9.17, 15) is 9.59 Å². The van der Waals surface area contributed by atoms with Gasteiger partial charge in [0.05, 0.1) is 30.0 Å². The number of aryl methyl sites for hydroxylation is 1. The lowest BCUT2D eigenvalue weighted by atomic mass is 9.89. The molecule has 0 radical (unpaired) electrons. The molecule has 1 amide bonds. The number of halogens is 1. The highest BCUT2D eigenvalue weighted by Gasteiger charge is 2.38. The number of methoxy groups -OCH3 is 1. The number of amides is 1. The van der Waals surface area contributed by atoms with Crippen molar-refractivity contribution in [1.82, 2.24) is 24.6 Å². The molecule has 2 saturated heterocycles. The summed E-state index contributed by atoms with van der Waals surface area (Å²) in [4.78, 5) is 34.4. The number of piperidine rings is 1. The van der Waals surface area contributed by atoms with Gasteiger partial charge < -0.3 is 18.8 Å². The first kappa shape index (κ1) is 34.8. The van der Waals surface area contributed by atoms with Crippen molar-refractivity contribution in [2.75, 3.05) is 33.3 Å². The Morgan fingerprint density at radius 2 is 1.65 bits per heavy atom. The van der Waals surface area contributed by atoms with Gasteiger partial charge in [0.1, 0.15) is 11.6 Å². The molecule has 5 aromatic rings. The van der Waals surface area contributed by atoms with Crippen LogP contribution in [-0.2, 0) is 14.3 Å². The Hall–Kier alpha value is -4.25. The van der Waals surface area contributed by atoms with Crippen LogP contribution in [0.3, 0.4) is 0 Å². The second kappa shape index (κ2) is 13.3. The van der Waals surface area contributed by atoms with Crippen LogP contribution in [0.4, 0.5) is 4.79 Å². The molecule has 3 aromatic carbocycles. The Morgan fingerprint density at radius 3 is 2.29 bits per heavy atom. The number of ketones is 1. The van der Waals surface area contributed by atoms with E-state index in [0.29, 0.717) is 40.0 Å². The molecule has 0 N–H and O–H groups in total. The number of ether oxygens (including phenoxy) is 2. The van der Waals surface area contributed by atoms with E-state index in [2.05, 4.69) is 27.8 Å². The standard InChI is InChI=1S/C41H46ClN5O5/c1-23-19-32-38(35(25-7-10-28(42)11-8-25)34(23)37(24(2)48)52-41(3,4)5)51-39(43-32)27-9-14-33-31(20-27)36(44-47(33)29-12-13-29)26-15-17-45(18-16-26)30-21-46(22-30)40(49)50-6/h7-11,14,19-20,26,29-30,37H,12-13,15-18,21-22H2,1-6H3. The van der Waals surface area contributed by atoms with Gasteiger partial charge >= 0.3 is 6.09 Å². The number of aromatic nitrogens is 3. The van der Waals surface area contributed by atoms with Crippen molar-refractivity contribution >= 4 is 45.5 Å². The van der Waals surface area contributed by atoms with Crippen molar-refractivity contribution in [3.8, 4) is 22.6 Å². The van der Waals surface area contributed by atoms with E-state index in [-0.39, 0.29) is 11.9 Å². The second-order valence-electron chi connectivity index (χ2n) is 15.7. The molecule has 0 spiro atoms. The van der Waals surface area contributed by atoms with E-state index in [1.807, 2.05) is 58.0 Å². The number of likely N-dealkylation sites (tertiary alicyclic amines) is 2. The van der Waals surface area contributed by atoms with E-state index < -0.39 is 11.7 Å². The first-order chi connectivity index (χ1) is 24.9. The van der Waals surface area contributed by atoms with Gasteiger partial charge in [-0.25, -0.2) is 9.78 Å². The molecule has 11 heteroatoms. The maximum atomic E-state index is 13.2. The van der Waals surface area contributed by atoms with Crippen LogP contribution in [0.2, 0.25) is 5.02 Å². The van der Waals surface area contributed by atoms with Crippen LogP contribution < -0.4 is 0 Å². The van der Waals surface area contributed by atoms with Crippen molar-refractivity contribution < 1.29 is 23.5 Å². The predicted octanol–water partition coefficient (Wildman–Crippen LogP) is 8.88.